The summed E-state index contributed by atoms with van der Waals surface area (Å²) in [7, 11) is 1.63. The van der Waals surface area contributed by atoms with Crippen molar-refractivity contribution in [1.82, 2.24) is 15.0 Å². The Morgan fingerprint density at radius 1 is 0.929 bits per heavy atom. The Morgan fingerprint density at radius 2 is 1.57 bits per heavy atom. The van der Waals surface area contributed by atoms with Gasteiger partial charge in [-0.3, -0.25) is 0 Å². The van der Waals surface area contributed by atoms with E-state index in [0.717, 1.165) is 35.2 Å². The van der Waals surface area contributed by atoms with Gasteiger partial charge in [-0.15, -0.1) is 15.0 Å². The standard InChI is InChI=1S/C23H31N3O2/c1-8-22(3,4)15-12-17(23(5,6)9-2)21(27)20(13-15)26-24-18-11-10-16(28-7)14-19(18)25-26/h10-14,27H,8-9H2,1-7H3. The first-order valence-corrected chi connectivity index (χ1v) is 9.92. The van der Waals surface area contributed by atoms with Gasteiger partial charge in [-0.05, 0) is 47.4 Å². The van der Waals surface area contributed by atoms with Crippen LogP contribution in [0.25, 0.3) is 16.7 Å². The van der Waals surface area contributed by atoms with E-state index in [4.69, 9.17) is 4.74 Å². The van der Waals surface area contributed by atoms with Gasteiger partial charge in [0.1, 0.15) is 28.2 Å². The third kappa shape index (κ3) is 3.46. The molecule has 0 aliphatic carbocycles. The molecule has 1 aromatic heterocycles. The molecule has 3 aromatic rings. The molecule has 0 bridgehead atoms. The van der Waals surface area contributed by atoms with Crippen molar-refractivity contribution in [3.63, 3.8) is 0 Å². The zero-order chi connectivity index (χ0) is 20.7. The number of fused-ring (bicyclic) bond motifs is 1. The SMILES string of the molecule is CCC(C)(C)c1cc(-n2nc3ccc(OC)cc3n2)c(O)c(C(C)(C)CC)c1. The third-order valence-corrected chi connectivity index (χ3v) is 6.17. The van der Waals surface area contributed by atoms with Crippen LogP contribution in [-0.4, -0.2) is 27.2 Å². The smallest absolute Gasteiger partial charge is 0.146 e. The number of phenolic OH excluding ortho intramolecular Hbond substituents is 1. The summed E-state index contributed by atoms with van der Waals surface area (Å²) in [4.78, 5) is 1.55. The molecule has 3 rings (SSSR count). The number of hydrogen-bond acceptors (Lipinski definition) is 4. The van der Waals surface area contributed by atoms with Gasteiger partial charge in [-0.1, -0.05) is 47.6 Å². The molecule has 5 nitrogen and oxygen atoms in total. The first-order chi connectivity index (χ1) is 13.1. The van der Waals surface area contributed by atoms with Crippen molar-refractivity contribution in [2.24, 2.45) is 0 Å². The number of nitrogens with zero attached hydrogens (tertiary/aromatic N) is 3. The molecule has 0 fully saturated rings. The Bertz CT molecular complexity index is 1000. The predicted octanol–water partition coefficient (Wildman–Crippen LogP) is 5.51. The average molecular weight is 382 g/mol. The van der Waals surface area contributed by atoms with Crippen LogP contribution in [0.3, 0.4) is 0 Å². The summed E-state index contributed by atoms with van der Waals surface area (Å²) < 4.78 is 5.29. The predicted molar refractivity (Wildman–Crippen MR) is 114 cm³/mol. The highest BCUT2D eigenvalue weighted by Gasteiger charge is 2.29. The molecule has 0 saturated carbocycles. The largest absolute Gasteiger partial charge is 0.505 e. The topological polar surface area (TPSA) is 60.2 Å². The van der Waals surface area contributed by atoms with Crippen molar-refractivity contribution in [1.29, 1.82) is 0 Å². The number of ether oxygens (including phenoxy) is 1. The molecule has 0 aliphatic rings. The van der Waals surface area contributed by atoms with Gasteiger partial charge in [-0.25, -0.2) is 0 Å². The van der Waals surface area contributed by atoms with E-state index in [2.05, 4.69) is 57.8 Å². The molecule has 0 unspecified atom stereocenters. The number of phenols is 1. The van der Waals surface area contributed by atoms with Gasteiger partial charge in [-0.2, -0.15) is 0 Å². The molecule has 0 radical (unpaired) electrons. The molecular formula is C23H31N3O2. The lowest BCUT2D eigenvalue weighted by Gasteiger charge is -2.30. The molecule has 0 aliphatic heterocycles. The average Bonchev–Trinajstić information content (AvgIpc) is 3.10. The summed E-state index contributed by atoms with van der Waals surface area (Å²) >= 11 is 0. The maximum Gasteiger partial charge on any atom is 0.146 e. The van der Waals surface area contributed by atoms with Crippen molar-refractivity contribution in [3.05, 3.63) is 41.5 Å². The highest BCUT2D eigenvalue weighted by molar-refractivity contribution is 5.76. The van der Waals surface area contributed by atoms with Gasteiger partial charge < -0.3 is 9.84 Å². The van der Waals surface area contributed by atoms with Crippen LogP contribution in [0.5, 0.6) is 11.5 Å². The van der Waals surface area contributed by atoms with Crippen LogP contribution < -0.4 is 4.74 Å². The maximum atomic E-state index is 11.2. The summed E-state index contributed by atoms with van der Waals surface area (Å²) in [5, 5.41) is 20.4. The molecule has 5 heteroatoms. The number of benzene rings is 2. The van der Waals surface area contributed by atoms with Crippen molar-refractivity contribution >= 4 is 11.0 Å². The van der Waals surface area contributed by atoms with E-state index in [1.54, 1.807) is 11.9 Å². The Kier molecular flexibility index (Phi) is 5.13. The fraction of sp³-hybridized carbons (Fsp3) is 0.478. The summed E-state index contributed by atoms with van der Waals surface area (Å²) in [5.74, 6) is 0.979. The Hall–Kier alpha value is -2.56. The summed E-state index contributed by atoms with van der Waals surface area (Å²) in [6.45, 7) is 13.1. The molecule has 28 heavy (non-hydrogen) atoms. The van der Waals surface area contributed by atoms with Gasteiger partial charge in [0.25, 0.3) is 0 Å². The normalized spacial score (nSPS) is 12.5. The van der Waals surface area contributed by atoms with Gasteiger partial charge in [0.15, 0.2) is 0 Å². The van der Waals surface area contributed by atoms with E-state index in [1.165, 1.54) is 5.56 Å². The van der Waals surface area contributed by atoms with Crippen molar-refractivity contribution in [3.8, 4) is 17.2 Å². The minimum Gasteiger partial charge on any atom is -0.505 e. The van der Waals surface area contributed by atoms with Gasteiger partial charge in [0.2, 0.25) is 0 Å². The Labute approximate surface area is 167 Å². The summed E-state index contributed by atoms with van der Waals surface area (Å²) in [6.07, 6.45) is 1.91. The van der Waals surface area contributed by atoms with Crippen molar-refractivity contribution < 1.29 is 9.84 Å². The number of rotatable bonds is 6. The zero-order valence-electron chi connectivity index (χ0n) is 18.0. The minimum atomic E-state index is -0.158. The molecule has 0 atom stereocenters. The number of aromatic hydroxyl groups is 1. The molecule has 1 N–H and O–H groups in total. The van der Waals surface area contributed by atoms with E-state index in [0.29, 0.717) is 5.69 Å². The molecule has 0 spiro atoms. The number of methoxy groups -OCH3 is 1. The molecule has 0 amide bonds. The van der Waals surface area contributed by atoms with Crippen LogP contribution >= 0.6 is 0 Å². The van der Waals surface area contributed by atoms with Crippen molar-refractivity contribution in [2.45, 2.75) is 65.2 Å². The second-order valence-corrected chi connectivity index (χ2v) is 8.71. The quantitative estimate of drug-likeness (QED) is 0.611. The van der Waals surface area contributed by atoms with Gasteiger partial charge in [0.05, 0.1) is 7.11 Å². The molecular weight excluding hydrogens is 350 g/mol. The van der Waals surface area contributed by atoms with Gasteiger partial charge in [0, 0.05) is 11.6 Å². The molecule has 1 heterocycles. The van der Waals surface area contributed by atoms with Crippen molar-refractivity contribution in [2.75, 3.05) is 7.11 Å². The summed E-state index contributed by atoms with van der Waals surface area (Å²) in [6, 6.07) is 9.77. The van der Waals surface area contributed by atoms with Crippen LogP contribution in [0, 0.1) is 0 Å². The van der Waals surface area contributed by atoms with Gasteiger partial charge >= 0.3 is 0 Å². The zero-order valence-corrected chi connectivity index (χ0v) is 18.0. The maximum absolute atomic E-state index is 11.2. The molecule has 2 aromatic carbocycles. The van der Waals surface area contributed by atoms with Crippen LogP contribution in [0.15, 0.2) is 30.3 Å². The highest BCUT2D eigenvalue weighted by atomic mass is 16.5. The minimum absolute atomic E-state index is 0.0170. The lowest BCUT2D eigenvalue weighted by Crippen LogP contribution is -2.21. The fourth-order valence-corrected chi connectivity index (χ4v) is 3.20. The summed E-state index contributed by atoms with van der Waals surface area (Å²) in [5.41, 5.74) is 4.05. The number of hydrogen-bond donors (Lipinski definition) is 1. The van der Waals surface area contributed by atoms with E-state index < -0.39 is 0 Å². The van der Waals surface area contributed by atoms with Crippen LogP contribution in [-0.2, 0) is 10.8 Å². The second kappa shape index (κ2) is 7.12. The monoisotopic (exact) mass is 381 g/mol. The Balaban J connectivity index is 2.27. The van der Waals surface area contributed by atoms with E-state index in [9.17, 15) is 5.11 Å². The fourth-order valence-electron chi connectivity index (χ4n) is 3.20. The lowest BCUT2D eigenvalue weighted by molar-refractivity contribution is 0.415. The first kappa shape index (κ1) is 20.2. The highest BCUT2D eigenvalue weighted by Crippen LogP contribution is 2.41. The van der Waals surface area contributed by atoms with Crippen LogP contribution in [0.4, 0.5) is 0 Å². The third-order valence-electron chi connectivity index (χ3n) is 6.17. The number of aromatic nitrogens is 3. The van der Waals surface area contributed by atoms with Crippen LogP contribution in [0.1, 0.15) is 65.5 Å². The van der Waals surface area contributed by atoms with E-state index in [1.807, 2.05) is 24.3 Å². The second-order valence-electron chi connectivity index (χ2n) is 8.71. The molecule has 0 saturated heterocycles. The van der Waals surface area contributed by atoms with E-state index in [-0.39, 0.29) is 16.6 Å². The lowest BCUT2D eigenvalue weighted by atomic mass is 9.76. The van der Waals surface area contributed by atoms with Crippen LogP contribution in [0.2, 0.25) is 0 Å². The molecule has 150 valence electrons. The Morgan fingerprint density at radius 3 is 2.18 bits per heavy atom. The first-order valence-electron chi connectivity index (χ1n) is 9.92. The van der Waals surface area contributed by atoms with E-state index >= 15 is 0 Å².